The van der Waals surface area contributed by atoms with Crippen LogP contribution >= 0.6 is 11.6 Å². The smallest absolute Gasteiger partial charge is 0.194 e. The molecule has 2 fully saturated rings. The van der Waals surface area contributed by atoms with E-state index in [-0.39, 0.29) is 5.43 Å². The summed E-state index contributed by atoms with van der Waals surface area (Å²) in [6.07, 6.45) is 3.75. The number of H-pyrrole nitrogens is 1. The van der Waals surface area contributed by atoms with Gasteiger partial charge in [0.15, 0.2) is 5.43 Å². The molecular weight excluding hydrogens is 332 g/mol. The van der Waals surface area contributed by atoms with Gasteiger partial charge in [0.1, 0.15) is 0 Å². The lowest BCUT2D eigenvalue weighted by atomic mass is 9.65. The molecule has 2 bridgehead atoms. The molecule has 2 heterocycles. The maximum absolute atomic E-state index is 13.1. The van der Waals surface area contributed by atoms with Crippen LogP contribution in [0.1, 0.15) is 51.3 Å². The van der Waals surface area contributed by atoms with Gasteiger partial charge >= 0.3 is 0 Å². The number of aryl methyl sites for hydroxylation is 1. The second-order valence-electron chi connectivity index (χ2n) is 9.37. The molecule has 1 saturated heterocycles. The van der Waals surface area contributed by atoms with Gasteiger partial charge in [-0.05, 0) is 55.2 Å². The van der Waals surface area contributed by atoms with Crippen LogP contribution < -0.4 is 5.43 Å². The third kappa shape index (κ3) is 3.02. The van der Waals surface area contributed by atoms with Gasteiger partial charge < -0.3 is 4.98 Å². The zero-order valence-electron chi connectivity index (χ0n) is 15.6. The largest absolute Gasteiger partial charge is 0.358 e. The fourth-order valence-corrected chi connectivity index (χ4v) is 5.75. The van der Waals surface area contributed by atoms with Crippen LogP contribution in [0.15, 0.2) is 23.0 Å². The Balaban J connectivity index is 1.71. The van der Waals surface area contributed by atoms with Crippen molar-refractivity contribution in [3.05, 3.63) is 44.7 Å². The van der Waals surface area contributed by atoms with Gasteiger partial charge in [-0.3, -0.25) is 9.69 Å². The van der Waals surface area contributed by atoms with Crippen LogP contribution in [0.3, 0.4) is 0 Å². The summed E-state index contributed by atoms with van der Waals surface area (Å²) in [5.74, 6) is 0. The Morgan fingerprint density at radius 1 is 1.28 bits per heavy atom. The van der Waals surface area contributed by atoms with Gasteiger partial charge in [0.25, 0.3) is 0 Å². The monoisotopic (exact) mass is 358 g/mol. The predicted molar refractivity (Wildman–Crippen MR) is 104 cm³/mol. The molecule has 4 heteroatoms. The van der Waals surface area contributed by atoms with Gasteiger partial charge in [0, 0.05) is 46.3 Å². The van der Waals surface area contributed by atoms with Crippen LogP contribution in [0.4, 0.5) is 0 Å². The van der Waals surface area contributed by atoms with Crippen molar-refractivity contribution in [2.45, 2.75) is 59.5 Å². The number of rotatable bonds is 2. The number of halogens is 1. The third-order valence-electron chi connectivity index (χ3n) is 6.16. The molecule has 1 N–H and O–H groups in total. The molecule has 0 spiro atoms. The third-order valence-corrected chi connectivity index (χ3v) is 6.39. The summed E-state index contributed by atoms with van der Waals surface area (Å²) in [5, 5.41) is 1.31. The van der Waals surface area contributed by atoms with Crippen LogP contribution in [0.5, 0.6) is 0 Å². The van der Waals surface area contributed by atoms with Crippen molar-refractivity contribution in [2.24, 2.45) is 10.8 Å². The van der Waals surface area contributed by atoms with E-state index < -0.39 is 0 Å². The molecule has 2 aromatic rings. The number of aromatic amines is 1. The molecule has 1 aromatic heterocycles. The highest BCUT2D eigenvalue weighted by molar-refractivity contribution is 6.31. The van der Waals surface area contributed by atoms with E-state index in [4.69, 9.17) is 11.6 Å². The summed E-state index contributed by atoms with van der Waals surface area (Å²) in [5.41, 5.74) is 3.64. The minimum absolute atomic E-state index is 0.125. The highest BCUT2D eigenvalue weighted by Gasteiger charge is 2.49. The van der Waals surface area contributed by atoms with Crippen molar-refractivity contribution in [3.63, 3.8) is 0 Å². The Labute approximate surface area is 154 Å². The summed E-state index contributed by atoms with van der Waals surface area (Å²) in [6.45, 7) is 11.0. The first kappa shape index (κ1) is 17.1. The lowest BCUT2D eigenvalue weighted by molar-refractivity contribution is 0.126. The Morgan fingerprint density at radius 3 is 2.80 bits per heavy atom. The van der Waals surface area contributed by atoms with E-state index >= 15 is 0 Å². The fraction of sp³-hybridized carbons (Fsp3) is 0.571. The van der Waals surface area contributed by atoms with Crippen molar-refractivity contribution in [3.8, 4) is 0 Å². The number of fused-ring (bicyclic) bond motifs is 3. The second-order valence-corrected chi connectivity index (χ2v) is 9.80. The number of aromatic nitrogens is 1. The summed E-state index contributed by atoms with van der Waals surface area (Å²) in [7, 11) is 0. The summed E-state index contributed by atoms with van der Waals surface area (Å²) >= 11 is 6.11. The average molecular weight is 359 g/mol. The molecule has 2 aliphatic rings. The summed E-state index contributed by atoms with van der Waals surface area (Å²) in [6, 6.07) is 6.08. The number of pyridine rings is 1. The number of hydrogen-bond donors (Lipinski definition) is 1. The van der Waals surface area contributed by atoms with Crippen molar-refractivity contribution < 1.29 is 0 Å². The van der Waals surface area contributed by atoms with E-state index in [1.807, 2.05) is 19.1 Å². The van der Waals surface area contributed by atoms with Gasteiger partial charge in [-0.25, -0.2) is 0 Å². The van der Waals surface area contributed by atoms with E-state index in [2.05, 4.69) is 30.7 Å². The number of likely N-dealkylation sites (tertiary alicyclic amines) is 1. The molecule has 0 amide bonds. The highest BCUT2D eigenvalue weighted by Crippen LogP contribution is 2.52. The molecule has 0 unspecified atom stereocenters. The highest BCUT2D eigenvalue weighted by atomic mass is 35.5. The topological polar surface area (TPSA) is 36.1 Å². The van der Waals surface area contributed by atoms with E-state index in [0.29, 0.717) is 27.3 Å². The van der Waals surface area contributed by atoms with Gasteiger partial charge in [0.05, 0.1) is 0 Å². The van der Waals surface area contributed by atoms with Crippen molar-refractivity contribution in [1.82, 2.24) is 9.88 Å². The molecular formula is C21H27ClN2O. The maximum Gasteiger partial charge on any atom is 0.194 e. The minimum Gasteiger partial charge on any atom is -0.358 e. The Kier molecular flexibility index (Phi) is 3.82. The average Bonchev–Trinajstić information content (AvgIpc) is 2.73. The maximum atomic E-state index is 13.1. The molecule has 3 nitrogen and oxygen atoms in total. The Bertz CT molecular complexity index is 901. The van der Waals surface area contributed by atoms with Gasteiger partial charge in [0.2, 0.25) is 0 Å². The van der Waals surface area contributed by atoms with Gasteiger partial charge in [-0.2, -0.15) is 0 Å². The number of nitrogens with zero attached hydrogens (tertiary/aromatic N) is 1. The molecule has 2 atom stereocenters. The summed E-state index contributed by atoms with van der Waals surface area (Å²) < 4.78 is 0. The van der Waals surface area contributed by atoms with Crippen LogP contribution in [0.2, 0.25) is 5.02 Å². The van der Waals surface area contributed by atoms with Crippen LogP contribution in [-0.2, 0) is 6.54 Å². The van der Waals surface area contributed by atoms with Crippen LogP contribution in [0.25, 0.3) is 10.9 Å². The predicted octanol–water partition coefficient (Wildman–Crippen LogP) is 4.89. The standard InChI is InChI=1S/C21H27ClN2O/c1-13-17(19(25)16-7-14(22)5-6-18(16)23-13)10-24-12-21(4)9-15(24)8-20(2,3)11-21/h5-7,15H,8-12H2,1-4H3,(H,23,25)/t15-,21+/m1/s1. The molecule has 25 heavy (non-hydrogen) atoms. The SMILES string of the molecule is Cc1[nH]c2ccc(Cl)cc2c(=O)c1CN1C[C@@]2(C)C[C@H]1CC(C)(C)C2. The van der Waals surface area contributed by atoms with Crippen LogP contribution in [0, 0.1) is 17.8 Å². The van der Waals surface area contributed by atoms with E-state index in [1.165, 1.54) is 19.3 Å². The first-order valence-electron chi connectivity index (χ1n) is 9.21. The van der Waals surface area contributed by atoms with E-state index in [9.17, 15) is 4.79 Å². The first-order chi connectivity index (χ1) is 11.7. The minimum atomic E-state index is 0.125. The van der Waals surface area contributed by atoms with E-state index in [1.54, 1.807) is 6.07 Å². The quantitative estimate of drug-likeness (QED) is 0.829. The Morgan fingerprint density at radius 2 is 2.04 bits per heavy atom. The zero-order chi connectivity index (χ0) is 18.0. The summed E-state index contributed by atoms with van der Waals surface area (Å²) in [4.78, 5) is 19.0. The number of hydrogen-bond acceptors (Lipinski definition) is 2. The molecule has 4 rings (SSSR count). The lowest BCUT2D eigenvalue weighted by Gasteiger charge is -2.40. The second kappa shape index (κ2) is 5.59. The van der Waals surface area contributed by atoms with Gasteiger partial charge in [-0.1, -0.05) is 32.4 Å². The number of nitrogens with one attached hydrogen (secondary N) is 1. The van der Waals surface area contributed by atoms with Crippen molar-refractivity contribution in [1.29, 1.82) is 0 Å². The molecule has 134 valence electrons. The molecule has 1 aliphatic heterocycles. The van der Waals surface area contributed by atoms with Crippen molar-refractivity contribution >= 4 is 22.5 Å². The van der Waals surface area contributed by atoms with Gasteiger partial charge in [-0.15, -0.1) is 0 Å². The molecule has 1 aromatic carbocycles. The zero-order valence-corrected chi connectivity index (χ0v) is 16.3. The van der Waals surface area contributed by atoms with E-state index in [0.717, 1.165) is 29.9 Å². The fourth-order valence-electron chi connectivity index (χ4n) is 5.58. The first-order valence-corrected chi connectivity index (χ1v) is 9.59. The van der Waals surface area contributed by atoms with Crippen LogP contribution in [-0.4, -0.2) is 22.5 Å². The lowest BCUT2D eigenvalue weighted by Crippen LogP contribution is -2.35. The molecule has 1 aliphatic carbocycles. The molecule has 1 saturated carbocycles. The number of benzene rings is 1. The van der Waals surface area contributed by atoms with Crippen molar-refractivity contribution in [2.75, 3.05) is 6.54 Å². The molecule has 0 radical (unpaired) electrons. The Hall–Kier alpha value is -1.32. The normalized spacial score (nSPS) is 28.6.